The van der Waals surface area contributed by atoms with Crippen LogP contribution in [0.5, 0.6) is 0 Å². The first-order chi connectivity index (χ1) is 35.3. The van der Waals surface area contributed by atoms with Gasteiger partial charge in [0.2, 0.25) is 47.3 Å². The number of aliphatic carboxylic acids is 2. The fraction of sp³-hybridized carbons (Fsp3) is 0.538. The Bertz CT molecular complexity index is 2440. The number of hydrogen-bond donors (Lipinski definition) is 13. The van der Waals surface area contributed by atoms with Gasteiger partial charge in [0, 0.05) is 29.9 Å². The van der Waals surface area contributed by atoms with E-state index in [1.807, 2.05) is 19.9 Å². The Morgan fingerprint density at radius 3 is 1.63 bits per heavy atom. The molecule has 8 atom stereocenters. The lowest BCUT2D eigenvalue weighted by Crippen LogP contribution is -2.60. The van der Waals surface area contributed by atoms with Gasteiger partial charge in [0.05, 0.1) is 19.2 Å². The molecule has 0 saturated carbocycles. The molecule has 23 nitrogen and oxygen atoms in total. The number of para-hydroxylation sites is 1. The highest BCUT2D eigenvalue weighted by molar-refractivity contribution is 5.98. The standard InChI is InChI=1S/C52H76N10O13/c1-27(2)20-37(49(71)61-43(29(5)6)51(73)62-44(30(7)8)52(74)75)56-41(64)25-55-46(68)36(18-19-42(65)66)57-48(70)39(23-32-24-54-35-17-13-12-16-33(32)35)59-50(72)40(26-63)60-47(69)38(21-28(3)4)58-45(67)34(53)22-31-14-10-9-11-15-31/h9-17,24,27-30,34,36-40,43-44,54,63H,18-23,25-26,53H2,1-8H3,(H,55,68)(H,56,64)(H,57,70)(H,58,67)(H,59,72)(H,60,69)(H,61,71)(H,62,73)(H,65,66)(H,74,75)/t34-,36-,37-,38-,39-,40-,43-,44-/m0/s1. The van der Waals surface area contributed by atoms with Crippen LogP contribution in [0.4, 0.5) is 0 Å². The number of benzene rings is 2. The van der Waals surface area contributed by atoms with Crippen LogP contribution in [0.25, 0.3) is 10.9 Å². The highest BCUT2D eigenvalue weighted by Crippen LogP contribution is 2.20. The molecule has 0 spiro atoms. The fourth-order valence-corrected chi connectivity index (χ4v) is 8.00. The first-order valence-corrected chi connectivity index (χ1v) is 25.1. The molecule has 0 saturated heterocycles. The van der Waals surface area contributed by atoms with Gasteiger partial charge in [-0.25, -0.2) is 4.79 Å². The SMILES string of the molecule is CC(C)C[C@H](NC(=O)CNC(=O)[C@H](CCC(=O)O)NC(=O)[C@H](Cc1c[nH]c2ccccc12)NC(=O)[C@H](CO)NC(=O)[C@H](CC(C)C)NC(=O)[C@@H](N)Cc1ccccc1)C(=O)N[C@H](C(=O)N[C@H](C(=O)O)C(C)C)C(C)C. The molecular formula is C52H76N10O13. The van der Waals surface area contributed by atoms with Crippen LogP contribution in [0.15, 0.2) is 60.8 Å². The van der Waals surface area contributed by atoms with E-state index < -0.39 is 145 Å². The summed E-state index contributed by atoms with van der Waals surface area (Å²) in [4.78, 5) is 136. The van der Waals surface area contributed by atoms with E-state index >= 15 is 0 Å². The summed E-state index contributed by atoms with van der Waals surface area (Å²) in [6, 6.07) is 5.44. The van der Waals surface area contributed by atoms with Crippen molar-refractivity contribution in [3.05, 3.63) is 71.9 Å². The lowest BCUT2D eigenvalue weighted by Gasteiger charge is -2.28. The van der Waals surface area contributed by atoms with Gasteiger partial charge in [-0.15, -0.1) is 0 Å². The number of nitrogens with two attached hydrogens (primary N) is 1. The van der Waals surface area contributed by atoms with Gasteiger partial charge in [0.1, 0.15) is 42.3 Å². The van der Waals surface area contributed by atoms with Crippen molar-refractivity contribution in [2.24, 2.45) is 29.4 Å². The Morgan fingerprint density at radius 2 is 1.05 bits per heavy atom. The molecule has 0 fully saturated rings. The molecule has 0 aliphatic rings. The minimum Gasteiger partial charge on any atom is -0.481 e. The van der Waals surface area contributed by atoms with Gasteiger partial charge in [0.25, 0.3) is 0 Å². The number of aliphatic hydroxyl groups is 1. The van der Waals surface area contributed by atoms with E-state index in [-0.39, 0.29) is 37.5 Å². The van der Waals surface area contributed by atoms with Gasteiger partial charge in [-0.3, -0.25) is 43.2 Å². The average Bonchev–Trinajstić information content (AvgIpc) is 3.75. The minimum atomic E-state index is -1.66. The van der Waals surface area contributed by atoms with Crippen LogP contribution in [-0.4, -0.2) is 141 Å². The minimum absolute atomic E-state index is 0.0857. The quantitative estimate of drug-likeness (QED) is 0.0408. The molecule has 3 aromatic rings. The number of fused-ring (bicyclic) bond motifs is 1. The molecule has 0 unspecified atom stereocenters. The van der Waals surface area contributed by atoms with Crippen LogP contribution in [0.3, 0.4) is 0 Å². The number of aromatic amines is 1. The number of rotatable bonds is 31. The summed E-state index contributed by atoms with van der Waals surface area (Å²) in [5, 5.41) is 50.4. The Kier molecular flexibility index (Phi) is 24.8. The molecule has 23 heteroatoms. The zero-order chi connectivity index (χ0) is 56.1. The number of carbonyl (C=O) groups excluding carboxylic acids is 8. The van der Waals surface area contributed by atoms with Gasteiger partial charge in [-0.1, -0.05) is 104 Å². The Labute approximate surface area is 436 Å². The van der Waals surface area contributed by atoms with Crippen LogP contribution in [0.2, 0.25) is 0 Å². The predicted molar refractivity (Wildman–Crippen MR) is 277 cm³/mol. The third-order valence-electron chi connectivity index (χ3n) is 12.1. The lowest BCUT2D eigenvalue weighted by molar-refractivity contribution is -0.144. The first-order valence-electron chi connectivity index (χ1n) is 25.1. The second-order valence-corrected chi connectivity index (χ2v) is 20.1. The lowest BCUT2D eigenvalue weighted by atomic mass is 9.98. The van der Waals surface area contributed by atoms with E-state index in [0.717, 1.165) is 5.56 Å². The Hall–Kier alpha value is -7.40. The topological polar surface area (TPSA) is 369 Å². The highest BCUT2D eigenvalue weighted by Gasteiger charge is 2.35. The Morgan fingerprint density at radius 1 is 0.547 bits per heavy atom. The number of amides is 8. The van der Waals surface area contributed by atoms with Crippen molar-refractivity contribution >= 4 is 70.1 Å². The number of aliphatic hydroxyl groups excluding tert-OH is 1. The number of aromatic nitrogens is 1. The van der Waals surface area contributed by atoms with Crippen molar-refractivity contribution < 1.29 is 63.3 Å². The molecular weight excluding hydrogens is 973 g/mol. The molecule has 0 radical (unpaired) electrons. The van der Waals surface area contributed by atoms with Gasteiger partial charge in [0.15, 0.2) is 0 Å². The molecule has 3 rings (SSSR count). The molecule has 75 heavy (non-hydrogen) atoms. The summed E-state index contributed by atoms with van der Waals surface area (Å²) in [7, 11) is 0. The van der Waals surface area contributed by atoms with E-state index in [9.17, 15) is 63.3 Å². The van der Waals surface area contributed by atoms with E-state index in [1.54, 1.807) is 96.3 Å². The molecule has 1 heterocycles. The third-order valence-corrected chi connectivity index (χ3v) is 12.1. The fourth-order valence-electron chi connectivity index (χ4n) is 8.00. The van der Waals surface area contributed by atoms with Crippen LogP contribution in [-0.2, 0) is 60.8 Å². The Balaban J connectivity index is 1.82. The van der Waals surface area contributed by atoms with Crippen molar-refractivity contribution in [2.45, 2.75) is 142 Å². The number of hydrogen-bond acceptors (Lipinski definition) is 12. The van der Waals surface area contributed by atoms with E-state index in [4.69, 9.17) is 5.73 Å². The number of H-pyrrole nitrogens is 1. The second kappa shape index (κ2) is 30.1. The highest BCUT2D eigenvalue weighted by atomic mass is 16.4. The number of carboxylic acid groups (broad SMARTS) is 2. The summed E-state index contributed by atoms with van der Waals surface area (Å²) >= 11 is 0. The van der Waals surface area contributed by atoms with Gasteiger partial charge >= 0.3 is 11.9 Å². The van der Waals surface area contributed by atoms with Crippen LogP contribution >= 0.6 is 0 Å². The summed E-state index contributed by atoms with van der Waals surface area (Å²) in [5.41, 5.74) is 8.20. The zero-order valence-electron chi connectivity index (χ0n) is 43.9. The van der Waals surface area contributed by atoms with Crippen LogP contribution < -0.4 is 48.3 Å². The van der Waals surface area contributed by atoms with Gasteiger partial charge < -0.3 is 68.6 Å². The molecule has 14 N–H and O–H groups in total. The molecule has 0 aliphatic carbocycles. The molecule has 0 bridgehead atoms. The monoisotopic (exact) mass is 1050 g/mol. The van der Waals surface area contributed by atoms with E-state index in [1.165, 1.54) is 0 Å². The molecule has 8 amide bonds. The second-order valence-electron chi connectivity index (χ2n) is 20.1. The van der Waals surface area contributed by atoms with Crippen LogP contribution in [0.1, 0.15) is 92.2 Å². The molecule has 1 aromatic heterocycles. The van der Waals surface area contributed by atoms with Gasteiger partial charge in [-0.2, -0.15) is 0 Å². The van der Waals surface area contributed by atoms with Crippen molar-refractivity contribution in [2.75, 3.05) is 13.2 Å². The predicted octanol–water partition coefficient (Wildman–Crippen LogP) is 0.136. The number of carbonyl (C=O) groups is 10. The first kappa shape index (κ1) is 61.9. The van der Waals surface area contributed by atoms with Gasteiger partial charge in [-0.05, 0) is 66.5 Å². The van der Waals surface area contributed by atoms with Crippen molar-refractivity contribution in [3.63, 3.8) is 0 Å². The maximum absolute atomic E-state index is 14.3. The van der Waals surface area contributed by atoms with E-state index in [2.05, 4.69) is 47.5 Å². The summed E-state index contributed by atoms with van der Waals surface area (Å²) in [6.07, 6.45) is 0.675. The zero-order valence-corrected chi connectivity index (χ0v) is 43.9. The van der Waals surface area contributed by atoms with Crippen LogP contribution in [0, 0.1) is 23.7 Å². The molecule has 0 aliphatic heterocycles. The molecule has 412 valence electrons. The normalized spacial score (nSPS) is 14.6. The number of nitrogens with one attached hydrogen (secondary N) is 9. The maximum atomic E-state index is 14.3. The molecule has 2 aromatic carbocycles. The van der Waals surface area contributed by atoms with Crippen molar-refractivity contribution in [3.8, 4) is 0 Å². The largest absolute Gasteiger partial charge is 0.481 e. The number of carboxylic acids is 2. The third kappa shape index (κ3) is 20.4. The van der Waals surface area contributed by atoms with Crippen molar-refractivity contribution in [1.29, 1.82) is 0 Å². The summed E-state index contributed by atoms with van der Waals surface area (Å²) in [5.74, 6) is -10.7. The van der Waals surface area contributed by atoms with E-state index in [0.29, 0.717) is 16.5 Å². The summed E-state index contributed by atoms with van der Waals surface area (Å²) in [6.45, 7) is 12.0. The van der Waals surface area contributed by atoms with Crippen molar-refractivity contribution in [1.82, 2.24) is 47.5 Å². The summed E-state index contributed by atoms with van der Waals surface area (Å²) < 4.78 is 0. The smallest absolute Gasteiger partial charge is 0.326 e. The average molecular weight is 1050 g/mol. The maximum Gasteiger partial charge on any atom is 0.326 e.